The number of halogens is 1. The van der Waals surface area contributed by atoms with Crippen LogP contribution in [0.2, 0.25) is 0 Å². The number of benzene rings is 2. The molecule has 0 unspecified atom stereocenters. The van der Waals surface area contributed by atoms with Gasteiger partial charge in [0, 0.05) is 16.7 Å². The van der Waals surface area contributed by atoms with Crippen molar-refractivity contribution in [2.75, 3.05) is 11.9 Å². The topological polar surface area (TPSA) is 24.1 Å². The van der Waals surface area contributed by atoms with Gasteiger partial charge in [-0.05, 0) is 55.7 Å². The molecule has 110 valence electrons. The van der Waals surface area contributed by atoms with Crippen LogP contribution in [0.1, 0.15) is 17.5 Å². The maximum atomic E-state index is 5.29. The van der Waals surface area contributed by atoms with Gasteiger partial charge in [-0.2, -0.15) is 0 Å². The van der Waals surface area contributed by atoms with Crippen LogP contribution < -0.4 is 10.6 Å². The first-order valence-corrected chi connectivity index (χ1v) is 8.19. The van der Waals surface area contributed by atoms with E-state index in [-0.39, 0.29) is 0 Å². The molecule has 2 aromatic rings. The highest BCUT2D eigenvalue weighted by Gasteiger charge is 1.98. The summed E-state index contributed by atoms with van der Waals surface area (Å²) in [6.45, 7) is 2.98. The minimum absolute atomic E-state index is 0.664. The molecule has 0 aliphatic carbocycles. The van der Waals surface area contributed by atoms with E-state index in [0.717, 1.165) is 29.5 Å². The minimum atomic E-state index is 0.664. The summed E-state index contributed by atoms with van der Waals surface area (Å²) < 4.78 is 1.04. The summed E-state index contributed by atoms with van der Waals surface area (Å²) in [6, 6.07) is 16.6. The van der Waals surface area contributed by atoms with Crippen LogP contribution in [0, 0.1) is 6.92 Å². The molecule has 0 aromatic heterocycles. The Morgan fingerprint density at radius 2 is 1.90 bits per heavy atom. The first kappa shape index (κ1) is 16.0. The molecule has 4 heteroatoms. The van der Waals surface area contributed by atoms with Gasteiger partial charge in [0.15, 0.2) is 5.11 Å². The second-order valence-corrected chi connectivity index (χ2v) is 6.30. The smallest absolute Gasteiger partial charge is 0.170 e. The molecule has 0 aliphatic rings. The second-order valence-electron chi connectivity index (χ2n) is 4.98. The van der Waals surface area contributed by atoms with Crippen molar-refractivity contribution in [3.05, 3.63) is 64.1 Å². The van der Waals surface area contributed by atoms with E-state index >= 15 is 0 Å². The summed E-state index contributed by atoms with van der Waals surface area (Å²) in [7, 11) is 0. The van der Waals surface area contributed by atoms with Gasteiger partial charge in [0.25, 0.3) is 0 Å². The largest absolute Gasteiger partial charge is 0.362 e. The molecule has 21 heavy (non-hydrogen) atoms. The third-order valence-electron chi connectivity index (χ3n) is 3.13. The maximum Gasteiger partial charge on any atom is 0.170 e. The quantitative estimate of drug-likeness (QED) is 0.596. The number of hydrogen-bond donors (Lipinski definition) is 2. The molecule has 0 saturated carbocycles. The SMILES string of the molecule is Cc1ccc(CCCNC(=S)Nc2cccc(Br)c2)cc1. The van der Waals surface area contributed by atoms with Crippen LogP contribution in [0.3, 0.4) is 0 Å². The van der Waals surface area contributed by atoms with E-state index in [1.54, 1.807) is 0 Å². The summed E-state index contributed by atoms with van der Waals surface area (Å²) in [5.41, 5.74) is 3.66. The van der Waals surface area contributed by atoms with Gasteiger partial charge >= 0.3 is 0 Å². The van der Waals surface area contributed by atoms with E-state index in [1.807, 2.05) is 24.3 Å². The predicted octanol–water partition coefficient (Wildman–Crippen LogP) is 4.68. The highest BCUT2D eigenvalue weighted by molar-refractivity contribution is 9.10. The minimum Gasteiger partial charge on any atom is -0.362 e. The molecule has 0 spiro atoms. The molecule has 2 rings (SSSR count). The summed E-state index contributed by atoms with van der Waals surface area (Å²) in [5, 5.41) is 7.08. The molecule has 2 N–H and O–H groups in total. The molecule has 0 atom stereocenters. The molecule has 2 aromatic carbocycles. The lowest BCUT2D eigenvalue weighted by Gasteiger charge is -2.10. The van der Waals surface area contributed by atoms with Gasteiger partial charge in [-0.15, -0.1) is 0 Å². The van der Waals surface area contributed by atoms with Crippen molar-refractivity contribution in [2.24, 2.45) is 0 Å². The normalized spacial score (nSPS) is 10.2. The van der Waals surface area contributed by atoms with Crippen LogP contribution >= 0.6 is 28.1 Å². The van der Waals surface area contributed by atoms with Gasteiger partial charge in [-0.3, -0.25) is 0 Å². The summed E-state index contributed by atoms with van der Waals surface area (Å²) >= 11 is 8.73. The fourth-order valence-corrected chi connectivity index (χ4v) is 2.61. The summed E-state index contributed by atoms with van der Waals surface area (Å²) in [4.78, 5) is 0. The molecule has 0 radical (unpaired) electrons. The van der Waals surface area contributed by atoms with Crippen LogP contribution in [0.15, 0.2) is 53.0 Å². The van der Waals surface area contributed by atoms with Crippen molar-refractivity contribution in [3.8, 4) is 0 Å². The average Bonchev–Trinajstić information content (AvgIpc) is 2.45. The van der Waals surface area contributed by atoms with Crippen molar-refractivity contribution >= 4 is 38.9 Å². The molecule has 0 fully saturated rings. The molecular formula is C17H19BrN2S. The zero-order valence-corrected chi connectivity index (χ0v) is 14.4. The number of rotatable bonds is 5. The van der Waals surface area contributed by atoms with E-state index in [9.17, 15) is 0 Å². The van der Waals surface area contributed by atoms with E-state index in [1.165, 1.54) is 11.1 Å². The Morgan fingerprint density at radius 1 is 1.14 bits per heavy atom. The zero-order valence-electron chi connectivity index (χ0n) is 12.0. The molecule has 0 heterocycles. The van der Waals surface area contributed by atoms with Crippen LogP contribution in [0.5, 0.6) is 0 Å². The molecular weight excluding hydrogens is 344 g/mol. The maximum absolute atomic E-state index is 5.29. The number of nitrogens with one attached hydrogen (secondary N) is 2. The van der Waals surface area contributed by atoms with Gasteiger partial charge in [0.1, 0.15) is 0 Å². The lowest BCUT2D eigenvalue weighted by Crippen LogP contribution is -2.29. The van der Waals surface area contributed by atoms with Crippen molar-refractivity contribution < 1.29 is 0 Å². The molecule has 0 aliphatic heterocycles. The zero-order chi connectivity index (χ0) is 15.1. The Labute approximate surface area is 140 Å². The van der Waals surface area contributed by atoms with E-state index < -0.39 is 0 Å². The highest BCUT2D eigenvalue weighted by atomic mass is 79.9. The second kappa shape index (κ2) is 8.15. The number of anilines is 1. The first-order chi connectivity index (χ1) is 10.1. The Kier molecular flexibility index (Phi) is 6.21. The van der Waals surface area contributed by atoms with Crippen LogP contribution in [0.25, 0.3) is 0 Å². The van der Waals surface area contributed by atoms with Crippen molar-refractivity contribution in [3.63, 3.8) is 0 Å². The monoisotopic (exact) mass is 362 g/mol. The van der Waals surface area contributed by atoms with E-state index in [4.69, 9.17) is 12.2 Å². The molecule has 2 nitrogen and oxygen atoms in total. The lowest BCUT2D eigenvalue weighted by atomic mass is 10.1. The number of aryl methyl sites for hydroxylation is 2. The van der Waals surface area contributed by atoms with Gasteiger partial charge in [-0.25, -0.2) is 0 Å². The van der Waals surface area contributed by atoms with Crippen LogP contribution in [0.4, 0.5) is 5.69 Å². The van der Waals surface area contributed by atoms with E-state index in [0.29, 0.717) is 5.11 Å². The van der Waals surface area contributed by atoms with E-state index in [2.05, 4.69) is 57.8 Å². The number of hydrogen-bond acceptors (Lipinski definition) is 1. The third kappa shape index (κ3) is 5.86. The summed E-state index contributed by atoms with van der Waals surface area (Å²) in [5.74, 6) is 0. The molecule has 0 saturated heterocycles. The Hall–Kier alpha value is -1.39. The van der Waals surface area contributed by atoms with Gasteiger partial charge in [0.2, 0.25) is 0 Å². The molecule has 0 amide bonds. The first-order valence-electron chi connectivity index (χ1n) is 6.99. The van der Waals surface area contributed by atoms with Crippen LogP contribution in [-0.4, -0.2) is 11.7 Å². The third-order valence-corrected chi connectivity index (χ3v) is 3.87. The predicted molar refractivity (Wildman–Crippen MR) is 97.9 cm³/mol. The summed E-state index contributed by atoms with van der Waals surface area (Å²) in [6.07, 6.45) is 2.12. The Bertz CT molecular complexity index is 596. The number of thiocarbonyl (C=S) groups is 1. The van der Waals surface area contributed by atoms with Crippen LogP contribution in [-0.2, 0) is 6.42 Å². The standard InChI is InChI=1S/C17H19BrN2S/c1-13-7-9-14(10-8-13)4-3-11-19-17(21)20-16-6-2-5-15(18)12-16/h2,5-10,12H,3-4,11H2,1H3,(H2,19,20,21). The Balaban J connectivity index is 1.68. The lowest BCUT2D eigenvalue weighted by molar-refractivity contribution is 0.777. The Morgan fingerprint density at radius 3 is 2.62 bits per heavy atom. The van der Waals surface area contributed by atoms with Crippen molar-refractivity contribution in [1.82, 2.24) is 5.32 Å². The van der Waals surface area contributed by atoms with Gasteiger partial charge < -0.3 is 10.6 Å². The highest BCUT2D eigenvalue weighted by Crippen LogP contribution is 2.15. The fraction of sp³-hybridized carbons (Fsp3) is 0.235. The fourth-order valence-electron chi connectivity index (χ4n) is 1.99. The van der Waals surface area contributed by atoms with Crippen molar-refractivity contribution in [2.45, 2.75) is 19.8 Å². The average molecular weight is 363 g/mol. The molecule has 0 bridgehead atoms. The van der Waals surface area contributed by atoms with Gasteiger partial charge in [-0.1, -0.05) is 51.8 Å². The van der Waals surface area contributed by atoms with Crippen molar-refractivity contribution in [1.29, 1.82) is 0 Å². The van der Waals surface area contributed by atoms with Gasteiger partial charge in [0.05, 0.1) is 0 Å².